The standard InChI is InChI=1S/C12H11IO3/c1-2-10-6-3-4-7-11(10)16-12(14)15-9-5-8-13/h3-4,6-7H,2,9H2,1H3. The van der Waals surface area contributed by atoms with Crippen molar-refractivity contribution >= 4 is 28.7 Å². The Bertz CT molecular complexity index is 418. The Balaban J connectivity index is 2.57. The molecule has 0 aromatic heterocycles. The molecule has 0 fully saturated rings. The van der Waals surface area contributed by atoms with Crippen molar-refractivity contribution in [2.24, 2.45) is 0 Å². The van der Waals surface area contributed by atoms with E-state index in [0.717, 1.165) is 12.0 Å². The first-order valence-electron chi connectivity index (χ1n) is 4.79. The van der Waals surface area contributed by atoms with Gasteiger partial charge in [0.05, 0.1) is 0 Å². The number of rotatable bonds is 3. The number of carbonyl (C=O) groups is 1. The van der Waals surface area contributed by atoms with Crippen molar-refractivity contribution in [2.75, 3.05) is 6.61 Å². The summed E-state index contributed by atoms with van der Waals surface area (Å²) in [5.41, 5.74) is 0.972. The SMILES string of the molecule is CCc1ccccc1OC(=O)OCC#CI. The van der Waals surface area contributed by atoms with Gasteiger partial charge in [0.1, 0.15) is 5.75 Å². The molecule has 1 aromatic rings. The second kappa shape index (κ2) is 7.12. The highest BCUT2D eigenvalue weighted by Gasteiger charge is 2.07. The quantitative estimate of drug-likeness (QED) is 0.370. The summed E-state index contributed by atoms with van der Waals surface area (Å²) in [4.78, 5) is 11.2. The van der Waals surface area contributed by atoms with Crippen LogP contribution >= 0.6 is 22.6 Å². The van der Waals surface area contributed by atoms with Crippen LogP contribution < -0.4 is 4.74 Å². The Hall–Kier alpha value is -1.22. The van der Waals surface area contributed by atoms with Gasteiger partial charge in [-0.25, -0.2) is 4.79 Å². The lowest BCUT2D eigenvalue weighted by atomic mass is 10.1. The average Bonchev–Trinajstić information content (AvgIpc) is 2.30. The van der Waals surface area contributed by atoms with E-state index < -0.39 is 6.16 Å². The van der Waals surface area contributed by atoms with Gasteiger partial charge >= 0.3 is 6.16 Å². The molecule has 0 spiro atoms. The largest absolute Gasteiger partial charge is 0.514 e. The Morgan fingerprint density at radius 1 is 1.44 bits per heavy atom. The van der Waals surface area contributed by atoms with E-state index in [2.05, 4.69) is 9.85 Å². The van der Waals surface area contributed by atoms with Crippen molar-refractivity contribution < 1.29 is 14.3 Å². The molecule has 0 bridgehead atoms. The van der Waals surface area contributed by atoms with Crippen LogP contribution in [0.5, 0.6) is 5.75 Å². The number of halogens is 1. The first kappa shape index (κ1) is 12.8. The molecule has 0 aliphatic heterocycles. The van der Waals surface area contributed by atoms with Gasteiger partial charge in [0.15, 0.2) is 6.61 Å². The van der Waals surface area contributed by atoms with Crippen LogP contribution in [-0.4, -0.2) is 12.8 Å². The van der Waals surface area contributed by atoms with E-state index in [1.165, 1.54) is 0 Å². The Morgan fingerprint density at radius 3 is 2.88 bits per heavy atom. The number of carbonyl (C=O) groups excluding carboxylic acids is 1. The van der Waals surface area contributed by atoms with E-state index in [1.54, 1.807) is 6.07 Å². The fraction of sp³-hybridized carbons (Fsp3) is 0.250. The molecular weight excluding hydrogens is 319 g/mol. The first-order chi connectivity index (χ1) is 7.77. The Morgan fingerprint density at radius 2 is 2.19 bits per heavy atom. The molecule has 0 N–H and O–H groups in total. The summed E-state index contributed by atoms with van der Waals surface area (Å²) in [6.07, 6.45) is 0.0804. The summed E-state index contributed by atoms with van der Waals surface area (Å²) in [5.74, 6) is 3.15. The minimum Gasteiger partial charge on any atom is -0.421 e. The molecule has 1 aromatic carbocycles. The Labute approximate surface area is 108 Å². The molecule has 0 unspecified atom stereocenters. The maximum Gasteiger partial charge on any atom is 0.514 e. The third kappa shape index (κ3) is 4.11. The minimum absolute atomic E-state index is 0.0517. The minimum atomic E-state index is -0.722. The van der Waals surface area contributed by atoms with Crippen LogP contribution in [0.15, 0.2) is 24.3 Å². The highest BCUT2D eigenvalue weighted by Crippen LogP contribution is 2.18. The molecule has 0 aliphatic rings. The van der Waals surface area contributed by atoms with Crippen LogP contribution in [0.4, 0.5) is 4.79 Å². The third-order valence-electron chi connectivity index (χ3n) is 1.88. The van der Waals surface area contributed by atoms with E-state index in [-0.39, 0.29) is 6.61 Å². The molecule has 0 saturated carbocycles. The normalized spacial score (nSPS) is 8.88. The van der Waals surface area contributed by atoms with Crippen LogP contribution in [0.25, 0.3) is 0 Å². The number of para-hydroxylation sites is 1. The topological polar surface area (TPSA) is 35.5 Å². The van der Waals surface area contributed by atoms with Crippen LogP contribution in [0.1, 0.15) is 12.5 Å². The number of hydrogen-bond acceptors (Lipinski definition) is 3. The van der Waals surface area contributed by atoms with Crippen molar-refractivity contribution in [1.82, 2.24) is 0 Å². The van der Waals surface area contributed by atoms with Gasteiger partial charge in [-0.05, 0) is 22.0 Å². The Kier molecular flexibility index (Phi) is 5.72. The monoisotopic (exact) mass is 330 g/mol. The van der Waals surface area contributed by atoms with Crippen molar-refractivity contribution in [3.8, 4) is 15.6 Å². The van der Waals surface area contributed by atoms with Gasteiger partial charge in [-0.15, -0.1) is 0 Å². The van der Waals surface area contributed by atoms with Gasteiger partial charge in [-0.2, -0.15) is 0 Å². The second-order valence-corrected chi connectivity index (χ2v) is 3.41. The number of aryl methyl sites for hydroxylation is 1. The van der Waals surface area contributed by atoms with E-state index >= 15 is 0 Å². The molecule has 1 rings (SSSR count). The van der Waals surface area contributed by atoms with Crippen molar-refractivity contribution in [1.29, 1.82) is 0 Å². The molecule has 0 radical (unpaired) electrons. The smallest absolute Gasteiger partial charge is 0.421 e. The highest BCUT2D eigenvalue weighted by atomic mass is 127. The summed E-state index contributed by atoms with van der Waals surface area (Å²) < 4.78 is 12.4. The number of ether oxygens (including phenoxy) is 2. The predicted molar refractivity (Wildman–Crippen MR) is 69.6 cm³/mol. The van der Waals surface area contributed by atoms with Crippen LogP contribution in [0.2, 0.25) is 0 Å². The number of benzene rings is 1. The summed E-state index contributed by atoms with van der Waals surface area (Å²) in [6, 6.07) is 7.36. The van der Waals surface area contributed by atoms with Gasteiger partial charge in [0.2, 0.25) is 0 Å². The molecule has 16 heavy (non-hydrogen) atoms. The van der Waals surface area contributed by atoms with Gasteiger partial charge in [-0.3, -0.25) is 0 Å². The summed E-state index contributed by atoms with van der Waals surface area (Å²) >= 11 is 1.88. The molecule has 0 saturated heterocycles. The average molecular weight is 330 g/mol. The highest BCUT2D eigenvalue weighted by molar-refractivity contribution is 14.1. The van der Waals surface area contributed by atoms with Crippen molar-refractivity contribution in [3.63, 3.8) is 0 Å². The molecule has 84 valence electrons. The van der Waals surface area contributed by atoms with Gasteiger partial charge < -0.3 is 9.47 Å². The van der Waals surface area contributed by atoms with Gasteiger partial charge in [0, 0.05) is 22.6 Å². The lowest BCUT2D eigenvalue weighted by molar-refractivity contribution is 0.111. The van der Waals surface area contributed by atoms with E-state index in [4.69, 9.17) is 9.47 Å². The summed E-state index contributed by atoms with van der Waals surface area (Å²) in [5, 5.41) is 0. The van der Waals surface area contributed by atoms with E-state index in [9.17, 15) is 4.79 Å². The molecule has 0 heterocycles. The van der Waals surface area contributed by atoms with Crippen LogP contribution in [0.3, 0.4) is 0 Å². The lowest BCUT2D eigenvalue weighted by Gasteiger charge is -2.07. The fourth-order valence-corrected chi connectivity index (χ4v) is 1.29. The summed E-state index contributed by atoms with van der Waals surface area (Å²) in [6.45, 7) is 2.05. The zero-order valence-corrected chi connectivity index (χ0v) is 11.0. The number of hydrogen-bond donors (Lipinski definition) is 0. The molecular formula is C12H11IO3. The third-order valence-corrected chi connectivity index (χ3v) is 2.26. The molecule has 3 nitrogen and oxygen atoms in total. The zero-order valence-electron chi connectivity index (χ0n) is 8.83. The maximum absolute atomic E-state index is 11.2. The van der Waals surface area contributed by atoms with Crippen molar-refractivity contribution in [3.05, 3.63) is 29.8 Å². The maximum atomic E-state index is 11.2. The van der Waals surface area contributed by atoms with Crippen molar-refractivity contribution in [2.45, 2.75) is 13.3 Å². The molecule has 0 atom stereocenters. The van der Waals surface area contributed by atoms with Crippen LogP contribution in [-0.2, 0) is 11.2 Å². The molecule has 4 heteroatoms. The summed E-state index contributed by atoms with van der Waals surface area (Å²) in [7, 11) is 0. The van der Waals surface area contributed by atoms with Gasteiger partial charge in [0.25, 0.3) is 0 Å². The second-order valence-electron chi connectivity index (χ2n) is 2.87. The van der Waals surface area contributed by atoms with E-state index in [0.29, 0.717) is 5.75 Å². The fourth-order valence-electron chi connectivity index (χ4n) is 1.14. The van der Waals surface area contributed by atoms with E-state index in [1.807, 2.05) is 47.7 Å². The first-order valence-corrected chi connectivity index (χ1v) is 5.86. The predicted octanol–water partition coefficient (Wildman–Crippen LogP) is 3.16. The van der Waals surface area contributed by atoms with Gasteiger partial charge in [-0.1, -0.05) is 31.0 Å². The van der Waals surface area contributed by atoms with Crippen LogP contribution in [0, 0.1) is 9.85 Å². The molecule has 0 amide bonds. The lowest BCUT2D eigenvalue weighted by Crippen LogP contribution is -2.11. The molecule has 0 aliphatic carbocycles. The zero-order chi connectivity index (χ0) is 11.8.